The Morgan fingerprint density at radius 3 is 2.46 bits per heavy atom. The molecule has 138 valence electrons. The van der Waals surface area contributed by atoms with Gasteiger partial charge in [0.25, 0.3) is 5.91 Å². The zero-order valence-corrected chi connectivity index (χ0v) is 15.3. The number of esters is 1. The van der Waals surface area contributed by atoms with E-state index in [1.165, 1.54) is 0 Å². The Kier molecular flexibility index (Phi) is 7.29. The zero-order chi connectivity index (χ0) is 18.9. The van der Waals surface area contributed by atoms with E-state index in [1.807, 2.05) is 12.1 Å². The molecule has 2 aromatic carbocycles. The van der Waals surface area contributed by atoms with Crippen molar-refractivity contribution in [3.63, 3.8) is 0 Å². The van der Waals surface area contributed by atoms with E-state index in [-0.39, 0.29) is 23.1 Å². The molecule has 0 saturated heterocycles. The summed E-state index contributed by atoms with van der Waals surface area (Å²) >= 11 is 5.91. The lowest BCUT2D eigenvalue weighted by molar-refractivity contribution is -0.124. The Hall–Kier alpha value is -2.73. The number of carbonyl (C=O) groups is 2. The second-order valence-electron chi connectivity index (χ2n) is 5.35. The third kappa shape index (κ3) is 5.39. The Balaban J connectivity index is 1.77. The molecule has 0 fully saturated rings. The predicted molar refractivity (Wildman–Crippen MR) is 98.0 cm³/mol. The molecule has 0 bridgehead atoms. The molecule has 0 saturated carbocycles. The molecular formula is C19H20ClNO5. The van der Waals surface area contributed by atoms with E-state index in [2.05, 4.69) is 5.32 Å². The normalized spacial score (nSPS) is 10.1. The van der Waals surface area contributed by atoms with Gasteiger partial charge in [0.15, 0.2) is 18.1 Å². The lowest BCUT2D eigenvalue weighted by Gasteiger charge is -2.10. The van der Waals surface area contributed by atoms with E-state index in [1.54, 1.807) is 44.6 Å². The summed E-state index contributed by atoms with van der Waals surface area (Å²) in [7, 11) is 3.14. The van der Waals surface area contributed by atoms with Crippen LogP contribution in [0.5, 0.6) is 11.5 Å². The van der Waals surface area contributed by atoms with Crippen molar-refractivity contribution in [2.45, 2.75) is 6.42 Å². The minimum atomic E-state index is -0.634. The molecule has 26 heavy (non-hydrogen) atoms. The molecule has 0 spiro atoms. The molecule has 0 heterocycles. The highest BCUT2D eigenvalue weighted by atomic mass is 35.5. The highest BCUT2D eigenvalue weighted by Gasteiger charge is 2.13. The van der Waals surface area contributed by atoms with Crippen molar-refractivity contribution < 1.29 is 23.8 Å². The van der Waals surface area contributed by atoms with Gasteiger partial charge < -0.3 is 19.5 Å². The first-order valence-corrected chi connectivity index (χ1v) is 8.32. The van der Waals surface area contributed by atoms with Crippen molar-refractivity contribution in [1.82, 2.24) is 5.32 Å². The molecule has 1 N–H and O–H groups in total. The summed E-state index contributed by atoms with van der Waals surface area (Å²) in [6, 6.07) is 12.1. The molecule has 2 aromatic rings. The maximum atomic E-state index is 11.9. The maximum absolute atomic E-state index is 11.9. The minimum Gasteiger partial charge on any atom is -0.493 e. The van der Waals surface area contributed by atoms with Gasteiger partial charge in [-0.3, -0.25) is 4.79 Å². The molecule has 0 aliphatic rings. The third-order valence-corrected chi connectivity index (χ3v) is 3.94. The van der Waals surface area contributed by atoms with Crippen molar-refractivity contribution in [2.75, 3.05) is 27.4 Å². The number of halogens is 1. The number of carbonyl (C=O) groups excluding carboxylic acids is 2. The van der Waals surface area contributed by atoms with E-state index in [0.717, 1.165) is 5.56 Å². The largest absolute Gasteiger partial charge is 0.493 e. The summed E-state index contributed by atoms with van der Waals surface area (Å²) in [6.45, 7) is 0.0357. The van der Waals surface area contributed by atoms with Crippen LogP contribution in [-0.2, 0) is 16.0 Å². The van der Waals surface area contributed by atoms with Gasteiger partial charge in [-0.1, -0.05) is 29.8 Å². The van der Waals surface area contributed by atoms with Crippen molar-refractivity contribution in [2.24, 2.45) is 0 Å². The van der Waals surface area contributed by atoms with Crippen molar-refractivity contribution in [3.8, 4) is 11.5 Å². The molecule has 0 aromatic heterocycles. The van der Waals surface area contributed by atoms with Gasteiger partial charge in [-0.15, -0.1) is 0 Å². The number of rotatable bonds is 8. The van der Waals surface area contributed by atoms with Crippen LogP contribution in [0.4, 0.5) is 0 Å². The molecular weight excluding hydrogens is 358 g/mol. The number of amides is 1. The summed E-state index contributed by atoms with van der Waals surface area (Å²) in [5, 5.41) is 2.98. The van der Waals surface area contributed by atoms with Gasteiger partial charge in [-0.2, -0.15) is 0 Å². The Morgan fingerprint density at radius 1 is 1.04 bits per heavy atom. The maximum Gasteiger partial charge on any atom is 0.340 e. The van der Waals surface area contributed by atoms with Crippen LogP contribution < -0.4 is 14.8 Å². The van der Waals surface area contributed by atoms with Crippen LogP contribution in [0.25, 0.3) is 0 Å². The lowest BCUT2D eigenvalue weighted by Crippen LogP contribution is -2.30. The van der Waals surface area contributed by atoms with Crippen LogP contribution in [0.3, 0.4) is 0 Å². The highest BCUT2D eigenvalue weighted by molar-refractivity contribution is 6.33. The van der Waals surface area contributed by atoms with Crippen LogP contribution in [0.15, 0.2) is 42.5 Å². The van der Waals surface area contributed by atoms with Crippen LogP contribution in [0.1, 0.15) is 15.9 Å². The van der Waals surface area contributed by atoms with Crippen LogP contribution in [0, 0.1) is 0 Å². The number of hydrogen-bond acceptors (Lipinski definition) is 5. The van der Waals surface area contributed by atoms with E-state index in [4.69, 9.17) is 25.8 Å². The van der Waals surface area contributed by atoms with Crippen LogP contribution >= 0.6 is 11.6 Å². The first kappa shape index (κ1) is 19.6. The first-order chi connectivity index (χ1) is 12.5. The Bertz CT molecular complexity index is 778. The summed E-state index contributed by atoms with van der Waals surface area (Å²) in [6.07, 6.45) is 0.602. The SMILES string of the molecule is COc1ccc(CCNC(=O)COC(=O)c2ccccc2Cl)cc1OC. The number of hydrogen-bond donors (Lipinski definition) is 1. The fraction of sp³-hybridized carbons (Fsp3) is 0.263. The monoisotopic (exact) mass is 377 g/mol. The average molecular weight is 378 g/mol. The predicted octanol–water partition coefficient (Wildman–Crippen LogP) is 2.87. The van der Waals surface area contributed by atoms with Gasteiger partial charge >= 0.3 is 5.97 Å². The summed E-state index contributed by atoms with van der Waals surface area (Å²) in [5.74, 6) is 0.258. The molecule has 0 radical (unpaired) electrons. The van der Waals surface area contributed by atoms with Crippen LogP contribution in [-0.4, -0.2) is 39.2 Å². The molecule has 0 atom stereocenters. The van der Waals surface area contributed by atoms with Crippen molar-refractivity contribution >= 4 is 23.5 Å². The van der Waals surface area contributed by atoms with Gasteiger partial charge in [-0.25, -0.2) is 4.79 Å². The molecule has 0 unspecified atom stereocenters. The fourth-order valence-corrected chi connectivity index (χ4v) is 2.48. The minimum absolute atomic E-state index is 0.229. The quantitative estimate of drug-likeness (QED) is 0.716. The average Bonchev–Trinajstić information content (AvgIpc) is 2.66. The van der Waals surface area contributed by atoms with Gasteiger partial charge in [0, 0.05) is 6.54 Å². The number of ether oxygens (including phenoxy) is 3. The van der Waals surface area contributed by atoms with Crippen molar-refractivity contribution in [1.29, 1.82) is 0 Å². The van der Waals surface area contributed by atoms with E-state index in [9.17, 15) is 9.59 Å². The molecule has 6 nitrogen and oxygen atoms in total. The third-order valence-electron chi connectivity index (χ3n) is 3.61. The second kappa shape index (κ2) is 9.68. The van der Waals surface area contributed by atoms with E-state index < -0.39 is 5.97 Å². The summed E-state index contributed by atoms with van der Waals surface area (Å²) in [5.41, 5.74) is 1.21. The van der Waals surface area contributed by atoms with E-state index >= 15 is 0 Å². The molecule has 2 rings (SSSR count). The Morgan fingerprint density at radius 2 is 1.77 bits per heavy atom. The van der Waals surface area contributed by atoms with Crippen molar-refractivity contribution in [3.05, 3.63) is 58.6 Å². The molecule has 0 aliphatic heterocycles. The first-order valence-electron chi connectivity index (χ1n) is 7.94. The van der Waals surface area contributed by atoms with Crippen LogP contribution in [0.2, 0.25) is 5.02 Å². The number of methoxy groups -OCH3 is 2. The van der Waals surface area contributed by atoms with Gasteiger partial charge in [0.05, 0.1) is 24.8 Å². The van der Waals surface area contributed by atoms with Gasteiger partial charge in [0.2, 0.25) is 0 Å². The number of nitrogens with one attached hydrogen (secondary N) is 1. The topological polar surface area (TPSA) is 73.9 Å². The lowest BCUT2D eigenvalue weighted by atomic mass is 10.1. The number of benzene rings is 2. The summed E-state index contributed by atoms with van der Waals surface area (Å²) in [4.78, 5) is 23.7. The smallest absolute Gasteiger partial charge is 0.340 e. The standard InChI is InChI=1S/C19H20ClNO5/c1-24-16-8-7-13(11-17(16)25-2)9-10-21-18(22)12-26-19(23)14-5-3-4-6-15(14)20/h3-8,11H,9-10,12H2,1-2H3,(H,21,22). The highest BCUT2D eigenvalue weighted by Crippen LogP contribution is 2.27. The second-order valence-corrected chi connectivity index (χ2v) is 5.75. The summed E-state index contributed by atoms with van der Waals surface area (Å²) < 4.78 is 15.4. The Labute approximate surface area is 157 Å². The van der Waals surface area contributed by atoms with E-state index in [0.29, 0.717) is 24.5 Å². The van der Waals surface area contributed by atoms with Gasteiger partial charge in [-0.05, 0) is 36.2 Å². The molecule has 0 aliphatic carbocycles. The van der Waals surface area contributed by atoms with Gasteiger partial charge in [0.1, 0.15) is 0 Å². The fourth-order valence-electron chi connectivity index (χ4n) is 2.27. The zero-order valence-electron chi connectivity index (χ0n) is 14.6. The molecule has 7 heteroatoms. The molecule has 1 amide bonds.